The third kappa shape index (κ3) is 4.31. The molecule has 1 aliphatic carbocycles. The van der Waals surface area contributed by atoms with Gasteiger partial charge in [-0.15, -0.1) is 0 Å². The number of hydrogen-bond donors (Lipinski definition) is 1. The fourth-order valence-corrected chi connectivity index (χ4v) is 4.56. The Kier molecular flexibility index (Phi) is 5.82. The molecular weight excluding hydrogens is 362 g/mol. The Morgan fingerprint density at radius 2 is 2.00 bits per heavy atom. The van der Waals surface area contributed by atoms with E-state index in [1.165, 1.54) is 0 Å². The van der Waals surface area contributed by atoms with Gasteiger partial charge in [0.05, 0.1) is 12.5 Å². The molecule has 0 aromatic heterocycles. The topological polar surface area (TPSA) is 85.3 Å². The number of piperidine rings is 1. The van der Waals surface area contributed by atoms with Crippen LogP contribution < -0.4 is 0 Å². The second-order valence-corrected chi connectivity index (χ2v) is 7.94. The van der Waals surface area contributed by atoms with Crippen LogP contribution in [0.3, 0.4) is 0 Å². The molecule has 0 spiro atoms. The number of carboxylic acid groups (broad SMARTS) is 1. The van der Waals surface area contributed by atoms with Crippen molar-refractivity contribution in [3.05, 3.63) is 35.9 Å². The Morgan fingerprint density at radius 3 is 2.71 bits per heavy atom. The highest BCUT2D eigenvalue weighted by atomic mass is 16.7. The second-order valence-electron chi connectivity index (χ2n) is 7.94. The normalized spacial score (nSPS) is 31.7. The number of amides is 1. The van der Waals surface area contributed by atoms with Crippen LogP contribution in [0.2, 0.25) is 0 Å². The zero-order chi connectivity index (χ0) is 19.5. The van der Waals surface area contributed by atoms with E-state index in [0.29, 0.717) is 26.3 Å². The van der Waals surface area contributed by atoms with Gasteiger partial charge >= 0.3 is 12.1 Å². The average Bonchev–Trinajstić information content (AvgIpc) is 3.46. The molecule has 2 heterocycles. The predicted molar refractivity (Wildman–Crippen MR) is 99.3 cm³/mol. The van der Waals surface area contributed by atoms with Crippen molar-refractivity contribution in [2.24, 2.45) is 23.7 Å². The van der Waals surface area contributed by atoms with Crippen LogP contribution in [0.4, 0.5) is 4.79 Å². The van der Waals surface area contributed by atoms with E-state index in [4.69, 9.17) is 14.2 Å². The minimum atomic E-state index is -0.784. The molecule has 2 aliphatic heterocycles. The van der Waals surface area contributed by atoms with Crippen molar-refractivity contribution in [1.29, 1.82) is 0 Å². The Hall–Kier alpha value is -2.12. The van der Waals surface area contributed by atoms with Crippen molar-refractivity contribution < 1.29 is 28.9 Å². The number of rotatable bonds is 6. The summed E-state index contributed by atoms with van der Waals surface area (Å²) in [5.74, 6) is -1.13. The van der Waals surface area contributed by atoms with E-state index >= 15 is 0 Å². The number of carboxylic acids is 1. The van der Waals surface area contributed by atoms with Crippen molar-refractivity contribution in [3.8, 4) is 0 Å². The molecule has 1 aromatic carbocycles. The van der Waals surface area contributed by atoms with E-state index in [9.17, 15) is 14.7 Å². The van der Waals surface area contributed by atoms with Crippen LogP contribution in [-0.4, -0.2) is 54.7 Å². The molecule has 0 radical (unpaired) electrons. The standard InChI is InChI=1S/C21H27NO6/c23-20(24)19-16-11-22(21(25)28-12-14-6-2-1-3-7-14)10-15(18(16)19)13-27-17-8-4-5-9-26-17/h1-3,6-7,15-19H,4-5,8-13H2,(H,23,24). The number of ether oxygens (including phenoxy) is 3. The molecule has 152 valence electrons. The maximum atomic E-state index is 12.6. The van der Waals surface area contributed by atoms with Crippen molar-refractivity contribution >= 4 is 12.1 Å². The lowest BCUT2D eigenvalue weighted by Gasteiger charge is -2.32. The summed E-state index contributed by atoms with van der Waals surface area (Å²) in [5, 5.41) is 9.50. The van der Waals surface area contributed by atoms with Gasteiger partial charge in [0.2, 0.25) is 0 Å². The summed E-state index contributed by atoms with van der Waals surface area (Å²) in [6.07, 6.45) is 2.39. The lowest BCUT2D eigenvalue weighted by atomic mass is 9.98. The first-order chi connectivity index (χ1) is 13.6. The molecule has 2 saturated heterocycles. The first kappa shape index (κ1) is 19.2. The van der Waals surface area contributed by atoms with Crippen molar-refractivity contribution in [3.63, 3.8) is 0 Å². The molecule has 28 heavy (non-hydrogen) atoms. The van der Waals surface area contributed by atoms with E-state index < -0.39 is 18.0 Å². The van der Waals surface area contributed by atoms with Gasteiger partial charge in [-0.3, -0.25) is 4.79 Å². The van der Waals surface area contributed by atoms with Crippen LogP contribution >= 0.6 is 0 Å². The van der Waals surface area contributed by atoms with Crippen molar-refractivity contribution in [2.45, 2.75) is 32.2 Å². The maximum Gasteiger partial charge on any atom is 0.410 e. The molecule has 1 saturated carbocycles. The van der Waals surface area contributed by atoms with E-state index in [-0.39, 0.29) is 30.7 Å². The average molecular weight is 389 g/mol. The van der Waals surface area contributed by atoms with Crippen LogP contribution in [0.5, 0.6) is 0 Å². The summed E-state index contributed by atoms with van der Waals surface area (Å²) in [6.45, 7) is 2.23. The summed E-state index contributed by atoms with van der Waals surface area (Å²) >= 11 is 0. The molecule has 7 nitrogen and oxygen atoms in total. The van der Waals surface area contributed by atoms with Gasteiger partial charge in [-0.05, 0) is 36.7 Å². The highest BCUT2D eigenvalue weighted by molar-refractivity contribution is 5.75. The van der Waals surface area contributed by atoms with Gasteiger partial charge in [-0.25, -0.2) is 4.79 Å². The lowest BCUT2D eigenvalue weighted by Crippen LogP contribution is -2.43. The largest absolute Gasteiger partial charge is 0.481 e. The summed E-state index contributed by atoms with van der Waals surface area (Å²) in [5.41, 5.74) is 0.926. The van der Waals surface area contributed by atoms with E-state index in [1.807, 2.05) is 30.3 Å². The SMILES string of the molecule is O=C(O)C1C2CN(C(=O)OCc3ccccc3)CC(COC3CCCCO3)C21. The van der Waals surface area contributed by atoms with Gasteiger partial charge in [0.15, 0.2) is 6.29 Å². The third-order valence-electron chi connectivity index (χ3n) is 6.04. The number of nitrogens with zero attached hydrogens (tertiary/aromatic N) is 1. The monoisotopic (exact) mass is 389 g/mol. The molecule has 3 fully saturated rings. The Bertz CT molecular complexity index is 689. The van der Waals surface area contributed by atoms with Gasteiger partial charge in [0.1, 0.15) is 6.61 Å². The quantitative estimate of drug-likeness (QED) is 0.805. The highest BCUT2D eigenvalue weighted by Gasteiger charge is 2.61. The van der Waals surface area contributed by atoms with Crippen LogP contribution in [0.1, 0.15) is 24.8 Å². The van der Waals surface area contributed by atoms with Crippen LogP contribution in [0.15, 0.2) is 30.3 Å². The Balaban J connectivity index is 1.34. The summed E-state index contributed by atoms with van der Waals surface area (Å²) < 4.78 is 17.0. The van der Waals surface area contributed by atoms with Crippen LogP contribution in [-0.2, 0) is 25.6 Å². The highest BCUT2D eigenvalue weighted by Crippen LogP contribution is 2.54. The predicted octanol–water partition coefficient (Wildman–Crippen LogP) is 2.75. The summed E-state index contributed by atoms with van der Waals surface area (Å²) in [6, 6.07) is 9.52. The Labute approximate surface area is 164 Å². The fourth-order valence-electron chi connectivity index (χ4n) is 4.56. The van der Waals surface area contributed by atoms with Gasteiger partial charge in [-0.2, -0.15) is 0 Å². The molecule has 1 aromatic rings. The first-order valence-electron chi connectivity index (χ1n) is 10.0. The third-order valence-corrected chi connectivity index (χ3v) is 6.04. The van der Waals surface area contributed by atoms with Crippen molar-refractivity contribution in [1.82, 2.24) is 4.90 Å². The number of aliphatic carboxylic acids is 1. The molecular formula is C21H27NO6. The molecule has 1 N–H and O–H groups in total. The summed E-state index contributed by atoms with van der Waals surface area (Å²) in [4.78, 5) is 25.8. The van der Waals surface area contributed by atoms with Crippen molar-refractivity contribution in [2.75, 3.05) is 26.3 Å². The number of likely N-dealkylation sites (tertiary alicyclic amines) is 1. The number of hydrogen-bond acceptors (Lipinski definition) is 5. The minimum absolute atomic E-state index is 0.00495. The first-order valence-corrected chi connectivity index (χ1v) is 10.0. The number of carbonyl (C=O) groups excluding carboxylic acids is 1. The lowest BCUT2D eigenvalue weighted by molar-refractivity contribution is -0.172. The number of benzene rings is 1. The second kappa shape index (κ2) is 8.49. The van der Waals surface area contributed by atoms with Gasteiger partial charge in [-0.1, -0.05) is 30.3 Å². The van der Waals surface area contributed by atoms with E-state index in [0.717, 1.165) is 24.8 Å². The number of fused-ring (bicyclic) bond motifs is 1. The van der Waals surface area contributed by atoms with Gasteiger partial charge < -0.3 is 24.2 Å². The maximum absolute atomic E-state index is 12.6. The van der Waals surface area contributed by atoms with E-state index in [2.05, 4.69) is 0 Å². The molecule has 5 unspecified atom stereocenters. The smallest absolute Gasteiger partial charge is 0.410 e. The van der Waals surface area contributed by atoms with Crippen LogP contribution in [0, 0.1) is 23.7 Å². The number of carbonyl (C=O) groups is 2. The zero-order valence-corrected chi connectivity index (χ0v) is 15.9. The Morgan fingerprint density at radius 1 is 1.18 bits per heavy atom. The van der Waals surface area contributed by atoms with E-state index in [1.54, 1.807) is 4.90 Å². The minimum Gasteiger partial charge on any atom is -0.481 e. The molecule has 0 bridgehead atoms. The fraction of sp³-hybridized carbons (Fsp3) is 0.619. The molecule has 1 amide bonds. The molecule has 4 rings (SSSR count). The zero-order valence-electron chi connectivity index (χ0n) is 15.9. The van der Waals surface area contributed by atoms with Gasteiger partial charge in [0.25, 0.3) is 0 Å². The molecule has 5 atom stereocenters. The molecule has 3 aliphatic rings. The van der Waals surface area contributed by atoms with Gasteiger partial charge in [0, 0.05) is 25.6 Å². The molecule has 7 heteroatoms. The summed E-state index contributed by atoms with van der Waals surface area (Å²) in [7, 11) is 0. The van der Waals surface area contributed by atoms with Crippen LogP contribution in [0.25, 0.3) is 0 Å².